The van der Waals surface area contributed by atoms with E-state index >= 15 is 0 Å². The van der Waals surface area contributed by atoms with E-state index in [9.17, 15) is 19.3 Å². The van der Waals surface area contributed by atoms with Crippen LogP contribution >= 0.6 is 30.8 Å². The molecule has 2 N–H and O–H groups in total. The maximum atomic E-state index is 14.0. The summed E-state index contributed by atoms with van der Waals surface area (Å²) in [6.45, 7) is 12.9. The van der Waals surface area contributed by atoms with Gasteiger partial charge in [-0.3, -0.25) is 18.6 Å². The number of carbonyl (C=O) groups excluding carboxylic acids is 2. The molecule has 3 heterocycles. The lowest BCUT2D eigenvalue weighted by molar-refractivity contribution is -0.150. The van der Waals surface area contributed by atoms with E-state index in [4.69, 9.17) is 34.6 Å². The smallest absolute Gasteiger partial charge is 0.462 e. The minimum Gasteiger partial charge on any atom is -0.462 e. The fourth-order valence-corrected chi connectivity index (χ4v) is 9.93. The zero-order valence-corrected chi connectivity index (χ0v) is 35.1. The number of aryl methyl sites for hydroxylation is 1. The van der Waals surface area contributed by atoms with E-state index in [2.05, 4.69) is 15.3 Å². The number of phosphoric ester groups is 1. The Kier molecular flexibility index (Phi) is 12.8. The van der Waals surface area contributed by atoms with Crippen LogP contribution in [0.5, 0.6) is 5.75 Å². The zero-order valence-electron chi connectivity index (χ0n) is 32.7. The maximum Gasteiger partial charge on any atom is 0.531 e. The molecule has 12 nitrogen and oxygen atoms in total. The van der Waals surface area contributed by atoms with Gasteiger partial charge in [-0.25, -0.2) is 14.5 Å². The molecule has 4 atom stereocenters. The summed E-state index contributed by atoms with van der Waals surface area (Å²) < 4.78 is 42.7. The first-order valence-corrected chi connectivity index (χ1v) is 21.3. The summed E-state index contributed by atoms with van der Waals surface area (Å²) in [4.78, 5) is 37.2. The molecule has 6 rings (SSSR count). The SMILES string of the molecule is Cc1sc(C(=O)c2cncnc2N[C@H]2C[C@H](CO)[C@@H](OC(=O)Cc3ccc(OP(=O)(OC(C)(C)C)OC(C)(C)C)cc3)C2)cc1[C@@H]1OCCc2ccc(Cl)cc21. The van der Waals surface area contributed by atoms with Crippen molar-refractivity contribution >= 4 is 48.3 Å². The molecule has 300 valence electrons. The normalized spacial score (nSPS) is 20.0. The van der Waals surface area contributed by atoms with Gasteiger partial charge in [0.2, 0.25) is 5.78 Å². The number of phosphoric acid groups is 1. The van der Waals surface area contributed by atoms with Crippen molar-refractivity contribution in [3.8, 4) is 5.75 Å². The highest BCUT2D eigenvalue weighted by Crippen LogP contribution is 2.55. The number of aliphatic hydroxyl groups excluding tert-OH is 1. The van der Waals surface area contributed by atoms with Gasteiger partial charge in [-0.2, -0.15) is 0 Å². The number of nitrogens with zero attached hydrogens (tertiary/aromatic N) is 2. The number of hydrogen-bond donors (Lipinski definition) is 2. The third kappa shape index (κ3) is 10.6. The molecule has 15 heteroatoms. The van der Waals surface area contributed by atoms with Crippen LogP contribution in [0.25, 0.3) is 0 Å². The van der Waals surface area contributed by atoms with Gasteiger partial charge in [0.05, 0.1) is 34.7 Å². The maximum absolute atomic E-state index is 14.0. The van der Waals surface area contributed by atoms with Gasteiger partial charge in [0.25, 0.3) is 0 Å². The van der Waals surface area contributed by atoms with Crippen LogP contribution in [0.2, 0.25) is 5.02 Å². The first-order valence-electron chi connectivity index (χ1n) is 18.6. The second kappa shape index (κ2) is 17.0. The van der Waals surface area contributed by atoms with Crippen molar-refractivity contribution in [2.24, 2.45) is 5.92 Å². The molecular weight excluding hydrogens is 777 g/mol. The van der Waals surface area contributed by atoms with E-state index in [1.807, 2.05) is 31.2 Å². The molecule has 4 aromatic rings. The quantitative estimate of drug-likeness (QED) is 0.0752. The van der Waals surface area contributed by atoms with Crippen molar-refractivity contribution in [1.82, 2.24) is 9.97 Å². The van der Waals surface area contributed by atoms with Crippen LogP contribution in [-0.2, 0) is 40.7 Å². The molecule has 2 aromatic heterocycles. The van der Waals surface area contributed by atoms with E-state index in [1.54, 1.807) is 65.8 Å². The van der Waals surface area contributed by atoms with Crippen molar-refractivity contribution in [1.29, 1.82) is 0 Å². The highest BCUT2D eigenvalue weighted by atomic mass is 35.5. The molecule has 1 saturated carbocycles. The number of aromatic nitrogens is 2. The number of esters is 1. The molecule has 1 aliphatic carbocycles. The molecule has 1 fully saturated rings. The average molecular weight is 826 g/mol. The number of hydrogen-bond acceptors (Lipinski definition) is 13. The van der Waals surface area contributed by atoms with E-state index in [1.165, 1.54) is 29.4 Å². The molecular formula is C41H49ClN3O9PS. The summed E-state index contributed by atoms with van der Waals surface area (Å²) in [5.74, 6) is -0.380. The van der Waals surface area contributed by atoms with Gasteiger partial charge in [0.1, 0.15) is 30.1 Å². The van der Waals surface area contributed by atoms with Crippen molar-refractivity contribution in [3.05, 3.63) is 104 Å². The fraction of sp³-hybridized carbons (Fsp3) is 0.463. The predicted octanol–water partition coefficient (Wildman–Crippen LogP) is 8.85. The topological polar surface area (TPSA) is 155 Å². The van der Waals surface area contributed by atoms with Gasteiger partial charge in [-0.15, -0.1) is 11.3 Å². The van der Waals surface area contributed by atoms with Crippen LogP contribution in [0.4, 0.5) is 5.82 Å². The summed E-state index contributed by atoms with van der Waals surface area (Å²) in [6, 6.07) is 14.0. The number of thiophene rings is 1. The molecule has 56 heavy (non-hydrogen) atoms. The standard InChI is InChI=1S/C41H49ClN3O9PS/c1-24-31(38-32-18-28(42)11-10-26(32)14-15-50-38)20-35(56-24)37(48)33-21-43-23-44-39(33)45-29-17-27(22-46)34(19-29)51-36(47)16-25-8-12-30(13-9-25)52-55(49,53-40(2,3)4)54-41(5,6)7/h8-13,18,20-21,23,27,29,34,38,46H,14-17,19,22H2,1-7H3,(H,43,44,45)/t27-,29+,34+,38+/m1/s1. The Bertz CT molecular complexity index is 2080. The Morgan fingerprint density at radius 2 is 1.73 bits per heavy atom. The molecule has 0 amide bonds. The van der Waals surface area contributed by atoms with E-state index in [0.717, 1.165) is 22.4 Å². The Labute approximate surface area is 336 Å². The van der Waals surface area contributed by atoms with Gasteiger partial charge in [0.15, 0.2) is 0 Å². The van der Waals surface area contributed by atoms with Crippen molar-refractivity contribution in [2.45, 2.75) is 104 Å². The lowest BCUT2D eigenvalue weighted by Gasteiger charge is -2.30. The second-order valence-electron chi connectivity index (χ2n) is 16.1. The first-order chi connectivity index (χ1) is 26.4. The van der Waals surface area contributed by atoms with Crippen LogP contribution in [-0.4, -0.2) is 63.4 Å². The monoisotopic (exact) mass is 825 g/mol. The Hall–Kier alpha value is -3.68. The van der Waals surface area contributed by atoms with Gasteiger partial charge < -0.3 is 24.4 Å². The largest absolute Gasteiger partial charge is 0.531 e. The van der Waals surface area contributed by atoms with Crippen LogP contribution in [0, 0.1) is 12.8 Å². The van der Waals surface area contributed by atoms with E-state index in [-0.39, 0.29) is 42.6 Å². The van der Waals surface area contributed by atoms with Crippen LogP contribution in [0.15, 0.2) is 61.1 Å². The third-order valence-corrected chi connectivity index (χ3v) is 12.5. The molecule has 0 spiro atoms. The highest BCUT2D eigenvalue weighted by molar-refractivity contribution is 7.49. The molecule has 1 aliphatic heterocycles. The molecule has 0 unspecified atom stereocenters. The van der Waals surface area contributed by atoms with Gasteiger partial charge in [0, 0.05) is 41.1 Å². The molecule has 2 aliphatic rings. The second-order valence-corrected chi connectivity index (χ2v) is 19.3. The van der Waals surface area contributed by atoms with Gasteiger partial charge >= 0.3 is 13.8 Å². The molecule has 0 radical (unpaired) electrons. The van der Waals surface area contributed by atoms with Crippen LogP contribution in [0.3, 0.4) is 0 Å². The van der Waals surface area contributed by atoms with Gasteiger partial charge in [-0.05, 0) is 114 Å². The number of ether oxygens (including phenoxy) is 2. The Morgan fingerprint density at radius 3 is 2.41 bits per heavy atom. The van der Waals surface area contributed by atoms with E-state index < -0.39 is 31.1 Å². The fourth-order valence-electron chi connectivity index (χ4n) is 6.92. The minimum atomic E-state index is -3.99. The third-order valence-electron chi connectivity index (χ3n) is 9.21. The predicted molar refractivity (Wildman–Crippen MR) is 215 cm³/mol. The number of nitrogens with one attached hydrogen (secondary N) is 1. The number of carbonyl (C=O) groups is 2. The summed E-state index contributed by atoms with van der Waals surface area (Å²) >= 11 is 7.73. The lowest BCUT2D eigenvalue weighted by Crippen LogP contribution is -2.26. The first kappa shape index (κ1) is 41.9. The zero-order chi connectivity index (χ0) is 40.4. The number of fused-ring (bicyclic) bond motifs is 1. The molecule has 0 saturated heterocycles. The highest BCUT2D eigenvalue weighted by Gasteiger charge is 2.40. The summed E-state index contributed by atoms with van der Waals surface area (Å²) in [7, 11) is -3.99. The number of benzene rings is 2. The molecule has 0 bridgehead atoms. The van der Waals surface area contributed by atoms with Gasteiger partial charge in [-0.1, -0.05) is 29.8 Å². The number of aliphatic hydroxyl groups is 1. The average Bonchev–Trinajstić information content (AvgIpc) is 3.68. The van der Waals surface area contributed by atoms with Crippen molar-refractivity contribution in [3.63, 3.8) is 0 Å². The summed E-state index contributed by atoms with van der Waals surface area (Å²) in [5, 5.41) is 14.2. The van der Waals surface area contributed by atoms with Crippen molar-refractivity contribution < 1.29 is 42.3 Å². The Balaban J connectivity index is 1.08. The number of anilines is 1. The summed E-state index contributed by atoms with van der Waals surface area (Å²) in [6.07, 6.45) is 3.66. The van der Waals surface area contributed by atoms with E-state index in [0.29, 0.717) is 46.3 Å². The summed E-state index contributed by atoms with van der Waals surface area (Å²) in [5.41, 5.74) is 2.49. The van der Waals surface area contributed by atoms with Crippen LogP contribution < -0.4 is 9.84 Å². The Morgan fingerprint density at radius 1 is 1.02 bits per heavy atom. The molecule has 2 aromatic carbocycles. The lowest BCUT2D eigenvalue weighted by atomic mass is 9.93. The minimum absolute atomic E-state index is 0.0288. The van der Waals surface area contributed by atoms with Crippen LogP contribution in [0.1, 0.15) is 103 Å². The number of halogens is 1. The van der Waals surface area contributed by atoms with Crippen molar-refractivity contribution in [2.75, 3.05) is 18.5 Å². The number of ketones is 1. The number of rotatable bonds is 13.